The largest absolute Gasteiger partial charge is 0.481 e. The fourth-order valence-electron chi connectivity index (χ4n) is 3.60. The van der Waals surface area contributed by atoms with Crippen LogP contribution in [0.3, 0.4) is 0 Å². The van der Waals surface area contributed by atoms with Gasteiger partial charge in [-0.3, -0.25) is 9.69 Å². The van der Waals surface area contributed by atoms with E-state index in [2.05, 4.69) is 31.0 Å². The highest BCUT2D eigenvalue weighted by atomic mass is 16.4. The molecule has 1 heterocycles. The maximum atomic E-state index is 12.8. The molecule has 1 aliphatic heterocycles. The summed E-state index contributed by atoms with van der Waals surface area (Å²) in [6.45, 7) is 8.89. The molecule has 26 heavy (non-hydrogen) atoms. The molecule has 144 valence electrons. The molecule has 2 rings (SSSR count). The van der Waals surface area contributed by atoms with Gasteiger partial charge in [-0.05, 0) is 38.8 Å². The second kappa shape index (κ2) is 9.57. The van der Waals surface area contributed by atoms with E-state index in [1.54, 1.807) is 0 Å². The molecular formula is C20H31N3O3. The van der Waals surface area contributed by atoms with Crippen LogP contribution in [-0.4, -0.2) is 64.7 Å². The normalized spacial score (nSPS) is 22.0. The maximum Gasteiger partial charge on any atom is 0.317 e. The fraction of sp³-hybridized carbons (Fsp3) is 0.600. The van der Waals surface area contributed by atoms with Gasteiger partial charge in [0.1, 0.15) is 0 Å². The summed E-state index contributed by atoms with van der Waals surface area (Å²) in [4.78, 5) is 28.1. The minimum absolute atomic E-state index is 0.0490. The van der Waals surface area contributed by atoms with Crippen LogP contribution in [0.25, 0.3) is 0 Å². The number of urea groups is 1. The van der Waals surface area contributed by atoms with E-state index in [4.69, 9.17) is 5.11 Å². The van der Waals surface area contributed by atoms with Gasteiger partial charge in [-0.1, -0.05) is 37.3 Å². The number of hydrogen-bond donors (Lipinski definition) is 2. The zero-order chi connectivity index (χ0) is 19.1. The molecule has 0 spiro atoms. The summed E-state index contributed by atoms with van der Waals surface area (Å²) >= 11 is 0. The summed E-state index contributed by atoms with van der Waals surface area (Å²) in [6, 6.07) is 10.1. The molecule has 1 aromatic rings. The van der Waals surface area contributed by atoms with Crippen molar-refractivity contribution in [1.82, 2.24) is 15.1 Å². The number of aliphatic carboxylic acids is 1. The van der Waals surface area contributed by atoms with Gasteiger partial charge >= 0.3 is 12.0 Å². The fourth-order valence-corrected chi connectivity index (χ4v) is 3.60. The Balaban J connectivity index is 2.01. The summed E-state index contributed by atoms with van der Waals surface area (Å²) in [5.74, 6) is -0.837. The van der Waals surface area contributed by atoms with Crippen molar-refractivity contribution in [1.29, 1.82) is 0 Å². The summed E-state index contributed by atoms with van der Waals surface area (Å²) in [6.07, 6.45) is 1.11. The van der Waals surface area contributed by atoms with Crippen molar-refractivity contribution in [3.63, 3.8) is 0 Å². The number of piperazine rings is 1. The Morgan fingerprint density at radius 1 is 1.19 bits per heavy atom. The van der Waals surface area contributed by atoms with Gasteiger partial charge in [0, 0.05) is 37.6 Å². The first-order chi connectivity index (χ1) is 12.4. The Bertz CT molecular complexity index is 593. The lowest BCUT2D eigenvalue weighted by molar-refractivity contribution is -0.137. The minimum atomic E-state index is -0.837. The first-order valence-corrected chi connectivity index (χ1v) is 9.47. The molecule has 0 saturated carbocycles. The third kappa shape index (κ3) is 5.73. The Hall–Kier alpha value is -2.08. The SMILES string of the molecule is CCN1CC(C)N(C(=O)NC(CCC(=O)O)Cc2ccccc2)CC1C. The number of benzene rings is 1. The molecule has 1 aromatic carbocycles. The van der Waals surface area contributed by atoms with Crippen LogP contribution in [0.2, 0.25) is 0 Å². The van der Waals surface area contributed by atoms with E-state index in [1.165, 1.54) is 0 Å². The van der Waals surface area contributed by atoms with Gasteiger partial charge in [0.25, 0.3) is 0 Å². The first-order valence-electron chi connectivity index (χ1n) is 9.47. The highest BCUT2D eigenvalue weighted by Gasteiger charge is 2.31. The predicted molar refractivity (Wildman–Crippen MR) is 102 cm³/mol. The van der Waals surface area contributed by atoms with Gasteiger partial charge in [-0.25, -0.2) is 4.79 Å². The van der Waals surface area contributed by atoms with E-state index < -0.39 is 5.97 Å². The number of rotatable bonds is 7. The van der Waals surface area contributed by atoms with Crippen molar-refractivity contribution in [2.45, 2.75) is 58.2 Å². The highest BCUT2D eigenvalue weighted by Crippen LogP contribution is 2.16. The molecule has 1 saturated heterocycles. The number of carboxylic acids is 1. The zero-order valence-electron chi connectivity index (χ0n) is 16.0. The monoisotopic (exact) mass is 361 g/mol. The van der Waals surface area contributed by atoms with Gasteiger partial charge in [-0.15, -0.1) is 0 Å². The van der Waals surface area contributed by atoms with Crippen LogP contribution < -0.4 is 5.32 Å². The van der Waals surface area contributed by atoms with E-state index in [0.29, 0.717) is 25.4 Å². The Morgan fingerprint density at radius 3 is 2.50 bits per heavy atom. The highest BCUT2D eigenvalue weighted by molar-refractivity contribution is 5.75. The molecule has 2 amide bonds. The van der Waals surface area contributed by atoms with E-state index in [9.17, 15) is 9.59 Å². The molecule has 6 nitrogen and oxygen atoms in total. The second-order valence-electron chi connectivity index (χ2n) is 7.21. The van der Waals surface area contributed by atoms with Gasteiger partial charge < -0.3 is 15.3 Å². The van der Waals surface area contributed by atoms with E-state index in [-0.39, 0.29) is 24.5 Å². The quantitative estimate of drug-likeness (QED) is 0.783. The lowest BCUT2D eigenvalue weighted by Crippen LogP contribution is -2.60. The van der Waals surface area contributed by atoms with Crippen molar-refractivity contribution in [3.8, 4) is 0 Å². The second-order valence-corrected chi connectivity index (χ2v) is 7.21. The number of nitrogens with one attached hydrogen (secondary N) is 1. The number of hydrogen-bond acceptors (Lipinski definition) is 3. The summed E-state index contributed by atoms with van der Waals surface area (Å²) in [7, 11) is 0. The number of carbonyl (C=O) groups is 2. The number of likely N-dealkylation sites (N-methyl/N-ethyl adjacent to an activating group) is 1. The summed E-state index contributed by atoms with van der Waals surface area (Å²) in [5.41, 5.74) is 1.10. The standard InChI is InChI=1S/C20H31N3O3/c1-4-22-13-16(3)23(14-15(22)2)20(26)21-18(10-11-19(24)25)12-17-8-6-5-7-9-17/h5-9,15-16,18H,4,10-14H2,1-3H3,(H,21,26)(H,24,25). The van der Waals surface area contributed by atoms with Gasteiger partial charge in [0.05, 0.1) is 0 Å². The van der Waals surface area contributed by atoms with Crippen molar-refractivity contribution < 1.29 is 14.7 Å². The van der Waals surface area contributed by atoms with Crippen LogP contribution >= 0.6 is 0 Å². The van der Waals surface area contributed by atoms with Gasteiger partial charge in [0.2, 0.25) is 0 Å². The third-order valence-corrected chi connectivity index (χ3v) is 5.14. The van der Waals surface area contributed by atoms with E-state index >= 15 is 0 Å². The number of carboxylic acid groups (broad SMARTS) is 1. The van der Waals surface area contributed by atoms with Crippen molar-refractivity contribution in [2.75, 3.05) is 19.6 Å². The molecule has 1 aliphatic rings. The third-order valence-electron chi connectivity index (χ3n) is 5.14. The molecular weight excluding hydrogens is 330 g/mol. The maximum absolute atomic E-state index is 12.8. The lowest BCUT2D eigenvalue weighted by atomic mass is 10.0. The van der Waals surface area contributed by atoms with Crippen LogP contribution in [0.4, 0.5) is 4.79 Å². The van der Waals surface area contributed by atoms with Gasteiger partial charge in [0.15, 0.2) is 0 Å². The van der Waals surface area contributed by atoms with Crippen molar-refractivity contribution >= 4 is 12.0 Å². The van der Waals surface area contributed by atoms with Gasteiger partial charge in [-0.2, -0.15) is 0 Å². The Morgan fingerprint density at radius 2 is 1.88 bits per heavy atom. The molecule has 2 N–H and O–H groups in total. The lowest BCUT2D eigenvalue weighted by Gasteiger charge is -2.44. The molecule has 3 atom stereocenters. The van der Waals surface area contributed by atoms with Crippen molar-refractivity contribution in [2.24, 2.45) is 0 Å². The van der Waals surface area contributed by atoms with Crippen LogP contribution in [0.15, 0.2) is 30.3 Å². The number of nitrogens with zero attached hydrogens (tertiary/aromatic N) is 2. The number of carbonyl (C=O) groups excluding carboxylic acids is 1. The topological polar surface area (TPSA) is 72.9 Å². The molecule has 1 fully saturated rings. The smallest absolute Gasteiger partial charge is 0.317 e. The van der Waals surface area contributed by atoms with Crippen LogP contribution in [0.1, 0.15) is 39.2 Å². The molecule has 0 bridgehead atoms. The first kappa shape index (κ1) is 20.2. The zero-order valence-corrected chi connectivity index (χ0v) is 16.0. The summed E-state index contributed by atoms with van der Waals surface area (Å²) < 4.78 is 0. The molecule has 0 aliphatic carbocycles. The summed E-state index contributed by atoms with van der Waals surface area (Å²) in [5, 5.41) is 12.1. The molecule has 3 unspecified atom stereocenters. The van der Waals surface area contributed by atoms with Crippen LogP contribution in [0, 0.1) is 0 Å². The average molecular weight is 361 g/mol. The Labute approximate surface area is 156 Å². The Kier molecular flexibility index (Phi) is 7.45. The van der Waals surface area contributed by atoms with E-state index in [1.807, 2.05) is 35.2 Å². The minimum Gasteiger partial charge on any atom is -0.481 e. The van der Waals surface area contributed by atoms with Crippen molar-refractivity contribution in [3.05, 3.63) is 35.9 Å². The van der Waals surface area contributed by atoms with Crippen LogP contribution in [0.5, 0.6) is 0 Å². The van der Waals surface area contributed by atoms with Crippen LogP contribution in [-0.2, 0) is 11.2 Å². The number of amides is 2. The predicted octanol–water partition coefficient (Wildman–Crippen LogP) is 2.59. The van der Waals surface area contributed by atoms with E-state index in [0.717, 1.165) is 18.7 Å². The average Bonchev–Trinajstić information content (AvgIpc) is 2.62. The molecule has 6 heteroatoms. The molecule has 0 radical (unpaired) electrons. The molecule has 0 aromatic heterocycles.